The summed E-state index contributed by atoms with van der Waals surface area (Å²) in [7, 11) is 3.65. The summed E-state index contributed by atoms with van der Waals surface area (Å²) in [6.07, 6.45) is 0.478. The van der Waals surface area contributed by atoms with E-state index in [-0.39, 0.29) is 5.91 Å². The third-order valence-electron chi connectivity index (χ3n) is 3.30. The molecule has 1 amide bonds. The van der Waals surface area contributed by atoms with Gasteiger partial charge < -0.3 is 15.0 Å². The molecule has 0 aliphatic carbocycles. The van der Waals surface area contributed by atoms with Crippen LogP contribution < -0.4 is 15.0 Å². The fourth-order valence-corrected chi connectivity index (χ4v) is 1.99. The first kappa shape index (κ1) is 14.9. The third-order valence-corrected chi connectivity index (χ3v) is 3.30. The maximum Gasteiger partial charge on any atom is 0.224 e. The lowest BCUT2D eigenvalue weighted by Crippen LogP contribution is -2.11. The number of hydrogen-bond donors (Lipinski definition) is 1. The summed E-state index contributed by atoms with van der Waals surface area (Å²) in [6, 6.07) is 15.6. The van der Waals surface area contributed by atoms with Crippen molar-refractivity contribution in [3.63, 3.8) is 0 Å². The number of anilines is 3. The average molecular weight is 284 g/mol. The number of rotatable bonds is 5. The Balaban J connectivity index is 2.15. The lowest BCUT2D eigenvalue weighted by Gasteiger charge is -2.20. The quantitative estimate of drug-likeness (QED) is 0.907. The SMILES string of the molecule is CCC(=O)Nc1ccc(N(C)c2cccc(OC)c2)cc1. The molecule has 4 nitrogen and oxygen atoms in total. The Hall–Kier alpha value is -2.49. The third kappa shape index (κ3) is 3.75. The second-order valence-corrected chi connectivity index (χ2v) is 4.71. The molecule has 0 fully saturated rings. The molecule has 1 N–H and O–H groups in total. The highest BCUT2D eigenvalue weighted by Crippen LogP contribution is 2.27. The Kier molecular flexibility index (Phi) is 4.82. The number of carbonyl (C=O) groups is 1. The highest BCUT2D eigenvalue weighted by atomic mass is 16.5. The maximum absolute atomic E-state index is 11.4. The topological polar surface area (TPSA) is 41.6 Å². The molecule has 0 atom stereocenters. The van der Waals surface area contributed by atoms with Gasteiger partial charge in [-0.05, 0) is 36.4 Å². The predicted octanol–water partition coefficient (Wildman–Crippen LogP) is 3.81. The second-order valence-electron chi connectivity index (χ2n) is 4.71. The molecule has 0 spiro atoms. The van der Waals surface area contributed by atoms with Crippen LogP contribution in [0.2, 0.25) is 0 Å². The fourth-order valence-electron chi connectivity index (χ4n) is 1.99. The molecule has 110 valence electrons. The van der Waals surface area contributed by atoms with Gasteiger partial charge in [0, 0.05) is 36.6 Å². The second kappa shape index (κ2) is 6.79. The van der Waals surface area contributed by atoms with Gasteiger partial charge in [0.15, 0.2) is 0 Å². The highest BCUT2D eigenvalue weighted by molar-refractivity contribution is 5.90. The molecule has 2 aromatic rings. The monoisotopic (exact) mass is 284 g/mol. The van der Waals surface area contributed by atoms with E-state index in [0.29, 0.717) is 6.42 Å². The maximum atomic E-state index is 11.4. The minimum atomic E-state index is 0.0175. The molecule has 0 radical (unpaired) electrons. The number of nitrogens with one attached hydrogen (secondary N) is 1. The van der Waals surface area contributed by atoms with E-state index in [1.807, 2.05) is 62.5 Å². The Bertz CT molecular complexity index is 608. The molecule has 0 bridgehead atoms. The molecule has 2 aromatic carbocycles. The number of benzene rings is 2. The Morgan fingerprint density at radius 3 is 2.48 bits per heavy atom. The number of carbonyl (C=O) groups excluding carboxylic acids is 1. The number of hydrogen-bond acceptors (Lipinski definition) is 3. The van der Waals surface area contributed by atoms with Gasteiger partial charge >= 0.3 is 0 Å². The van der Waals surface area contributed by atoms with Gasteiger partial charge in [-0.3, -0.25) is 4.79 Å². The van der Waals surface area contributed by atoms with E-state index in [4.69, 9.17) is 4.74 Å². The van der Waals surface area contributed by atoms with Gasteiger partial charge in [0.05, 0.1) is 7.11 Å². The molecule has 21 heavy (non-hydrogen) atoms. The predicted molar refractivity (Wildman–Crippen MR) is 86.4 cm³/mol. The smallest absolute Gasteiger partial charge is 0.224 e. The van der Waals surface area contributed by atoms with Gasteiger partial charge in [-0.25, -0.2) is 0 Å². The van der Waals surface area contributed by atoms with E-state index in [1.165, 1.54) is 0 Å². The van der Waals surface area contributed by atoms with E-state index in [2.05, 4.69) is 10.2 Å². The summed E-state index contributed by atoms with van der Waals surface area (Å²) < 4.78 is 5.24. The molecular formula is C17H20N2O2. The molecule has 4 heteroatoms. The van der Waals surface area contributed by atoms with Crippen molar-refractivity contribution in [2.75, 3.05) is 24.4 Å². The van der Waals surface area contributed by atoms with Crippen LogP contribution in [0.3, 0.4) is 0 Å². The van der Waals surface area contributed by atoms with E-state index in [1.54, 1.807) is 7.11 Å². The summed E-state index contributed by atoms with van der Waals surface area (Å²) in [4.78, 5) is 13.4. The van der Waals surface area contributed by atoms with Crippen LogP contribution in [-0.2, 0) is 4.79 Å². The summed E-state index contributed by atoms with van der Waals surface area (Å²) in [5.41, 5.74) is 2.89. The first-order chi connectivity index (χ1) is 10.1. The normalized spacial score (nSPS) is 10.0. The van der Waals surface area contributed by atoms with Crippen molar-refractivity contribution < 1.29 is 9.53 Å². The lowest BCUT2D eigenvalue weighted by atomic mass is 10.2. The minimum Gasteiger partial charge on any atom is -0.497 e. The van der Waals surface area contributed by atoms with Gasteiger partial charge in [-0.15, -0.1) is 0 Å². The molecule has 0 saturated heterocycles. The van der Waals surface area contributed by atoms with Crippen molar-refractivity contribution in [3.8, 4) is 5.75 Å². The van der Waals surface area contributed by atoms with Crippen molar-refractivity contribution in [2.45, 2.75) is 13.3 Å². The average Bonchev–Trinajstić information content (AvgIpc) is 2.54. The highest BCUT2D eigenvalue weighted by Gasteiger charge is 2.06. The van der Waals surface area contributed by atoms with E-state index >= 15 is 0 Å². The van der Waals surface area contributed by atoms with Gasteiger partial charge in [0.25, 0.3) is 0 Å². The largest absolute Gasteiger partial charge is 0.497 e. The number of ether oxygens (including phenoxy) is 1. The van der Waals surface area contributed by atoms with E-state index < -0.39 is 0 Å². The van der Waals surface area contributed by atoms with Gasteiger partial charge in [-0.1, -0.05) is 13.0 Å². The van der Waals surface area contributed by atoms with Crippen molar-refractivity contribution in [2.24, 2.45) is 0 Å². The molecule has 0 heterocycles. The van der Waals surface area contributed by atoms with Gasteiger partial charge in [0.2, 0.25) is 5.91 Å². The standard InChI is InChI=1S/C17H20N2O2/c1-4-17(20)18-13-8-10-14(11-9-13)19(2)15-6-5-7-16(12-15)21-3/h5-12H,4H2,1-3H3,(H,18,20). The summed E-state index contributed by atoms with van der Waals surface area (Å²) in [5.74, 6) is 0.843. The molecule has 0 aromatic heterocycles. The summed E-state index contributed by atoms with van der Waals surface area (Å²) in [5, 5.41) is 2.84. The Morgan fingerprint density at radius 2 is 1.86 bits per heavy atom. The zero-order chi connectivity index (χ0) is 15.2. The fraction of sp³-hybridized carbons (Fsp3) is 0.235. The van der Waals surface area contributed by atoms with Crippen LogP contribution in [0.1, 0.15) is 13.3 Å². The van der Waals surface area contributed by atoms with Crippen molar-refractivity contribution >= 4 is 23.0 Å². The van der Waals surface area contributed by atoms with Gasteiger partial charge in [0.1, 0.15) is 5.75 Å². The summed E-state index contributed by atoms with van der Waals surface area (Å²) >= 11 is 0. The van der Waals surface area contributed by atoms with Crippen molar-refractivity contribution in [1.29, 1.82) is 0 Å². The van der Waals surface area contributed by atoms with Crippen LogP contribution in [0, 0.1) is 0 Å². The molecule has 0 saturated carbocycles. The number of methoxy groups -OCH3 is 1. The van der Waals surface area contributed by atoms with Crippen LogP contribution in [0.15, 0.2) is 48.5 Å². The zero-order valence-electron chi connectivity index (χ0n) is 12.6. The van der Waals surface area contributed by atoms with Crippen LogP contribution in [0.25, 0.3) is 0 Å². The molecule has 0 unspecified atom stereocenters. The molecule has 2 rings (SSSR count). The first-order valence-corrected chi connectivity index (χ1v) is 6.91. The van der Waals surface area contributed by atoms with Crippen LogP contribution in [0.5, 0.6) is 5.75 Å². The van der Waals surface area contributed by atoms with Crippen molar-refractivity contribution in [1.82, 2.24) is 0 Å². The number of amides is 1. The minimum absolute atomic E-state index is 0.0175. The Labute approximate surface area is 125 Å². The van der Waals surface area contributed by atoms with Crippen LogP contribution >= 0.6 is 0 Å². The molecule has 0 aliphatic rings. The lowest BCUT2D eigenvalue weighted by molar-refractivity contribution is -0.115. The zero-order valence-corrected chi connectivity index (χ0v) is 12.6. The number of nitrogens with zero attached hydrogens (tertiary/aromatic N) is 1. The van der Waals surface area contributed by atoms with E-state index in [9.17, 15) is 4.79 Å². The summed E-state index contributed by atoms with van der Waals surface area (Å²) in [6.45, 7) is 1.83. The first-order valence-electron chi connectivity index (χ1n) is 6.91. The van der Waals surface area contributed by atoms with Crippen LogP contribution in [-0.4, -0.2) is 20.1 Å². The van der Waals surface area contributed by atoms with E-state index in [0.717, 1.165) is 22.8 Å². The van der Waals surface area contributed by atoms with Crippen LogP contribution in [0.4, 0.5) is 17.1 Å². The molecule has 0 aliphatic heterocycles. The Morgan fingerprint density at radius 1 is 1.14 bits per heavy atom. The van der Waals surface area contributed by atoms with Crippen molar-refractivity contribution in [3.05, 3.63) is 48.5 Å². The van der Waals surface area contributed by atoms with Gasteiger partial charge in [-0.2, -0.15) is 0 Å². The molecular weight excluding hydrogens is 264 g/mol.